The minimum absolute atomic E-state index is 0.0565. The van der Waals surface area contributed by atoms with E-state index < -0.39 is 22.4 Å². The van der Waals surface area contributed by atoms with Gasteiger partial charge < -0.3 is 9.96 Å². The smallest absolute Gasteiger partial charge is 0.249 e. The quantitative estimate of drug-likeness (QED) is 0.838. The van der Waals surface area contributed by atoms with Crippen molar-refractivity contribution in [2.45, 2.75) is 39.3 Å². The van der Waals surface area contributed by atoms with E-state index in [0.717, 1.165) is 10.8 Å². The van der Waals surface area contributed by atoms with E-state index in [1.807, 2.05) is 30.3 Å². The second kappa shape index (κ2) is 6.18. The Bertz CT molecular complexity index is 791. The van der Waals surface area contributed by atoms with Gasteiger partial charge in [-0.3, -0.25) is 9.59 Å². The molecule has 0 aliphatic carbocycles. The summed E-state index contributed by atoms with van der Waals surface area (Å²) < 4.78 is 2.09. The summed E-state index contributed by atoms with van der Waals surface area (Å²) in [6.45, 7) is 13.0. The molecule has 0 aromatic heterocycles. The summed E-state index contributed by atoms with van der Waals surface area (Å²) in [5.74, 6) is -0.617. The van der Waals surface area contributed by atoms with Gasteiger partial charge in [0.2, 0.25) is 11.8 Å². The molecule has 24 heavy (non-hydrogen) atoms. The molecule has 128 valence electrons. The largest absolute Gasteiger partial charge is 0.392 e. The fourth-order valence-electron chi connectivity index (χ4n) is 3.43. The van der Waals surface area contributed by atoms with Crippen molar-refractivity contribution in [2.75, 3.05) is 0 Å². The summed E-state index contributed by atoms with van der Waals surface area (Å²) in [5, 5.41) is 1.73. The van der Waals surface area contributed by atoms with Crippen molar-refractivity contribution in [3.8, 4) is 0 Å². The first kappa shape index (κ1) is 18.4. The Balaban J connectivity index is 2.80. The zero-order chi connectivity index (χ0) is 18.3. The van der Waals surface area contributed by atoms with Crippen molar-refractivity contribution < 1.29 is 9.59 Å². The van der Waals surface area contributed by atoms with Gasteiger partial charge in [-0.15, -0.1) is 0 Å². The van der Waals surface area contributed by atoms with Crippen molar-refractivity contribution in [1.82, 2.24) is 4.23 Å². The molecule has 2 amide bonds. The van der Waals surface area contributed by atoms with E-state index in [0.29, 0.717) is 11.1 Å². The van der Waals surface area contributed by atoms with Gasteiger partial charge in [0.1, 0.15) is 16.5 Å². The Morgan fingerprint density at radius 3 is 1.92 bits per heavy atom. The molecule has 0 bridgehead atoms. The van der Waals surface area contributed by atoms with Gasteiger partial charge in [0.25, 0.3) is 0 Å². The van der Waals surface area contributed by atoms with Crippen molar-refractivity contribution >= 4 is 39.1 Å². The topological polar surface area (TPSA) is 63.4 Å². The number of carbonyl (C=O) groups excluding carboxylic acids is 2. The third kappa shape index (κ3) is 3.44. The van der Waals surface area contributed by atoms with Crippen LogP contribution in [0.2, 0.25) is 39.3 Å². The number of hydrogen-bond donors (Lipinski definition) is 1. The molecule has 2 aromatic carbocycles. The molecule has 0 aliphatic heterocycles. The van der Waals surface area contributed by atoms with E-state index in [9.17, 15) is 9.59 Å². The maximum absolute atomic E-state index is 13.6. The third-order valence-electron chi connectivity index (χ3n) is 3.95. The maximum atomic E-state index is 13.6. The highest BCUT2D eigenvalue weighted by Gasteiger charge is 2.39. The number of nitrogens with two attached hydrogens (primary N) is 1. The zero-order valence-electron chi connectivity index (χ0n) is 15.3. The van der Waals surface area contributed by atoms with E-state index in [-0.39, 0.29) is 5.91 Å². The van der Waals surface area contributed by atoms with Gasteiger partial charge >= 0.3 is 0 Å². The van der Waals surface area contributed by atoms with E-state index in [1.54, 1.807) is 6.07 Å². The Morgan fingerprint density at radius 2 is 1.42 bits per heavy atom. The third-order valence-corrected chi connectivity index (χ3v) is 11.1. The normalized spacial score (nSPS) is 12.2. The van der Waals surface area contributed by atoms with Crippen LogP contribution in [-0.2, 0) is 0 Å². The predicted molar refractivity (Wildman–Crippen MR) is 105 cm³/mol. The van der Waals surface area contributed by atoms with Gasteiger partial charge in [-0.05, 0) is 16.8 Å². The van der Waals surface area contributed by atoms with Crippen LogP contribution in [0, 0.1) is 0 Å². The van der Waals surface area contributed by atoms with Crippen molar-refractivity contribution in [2.24, 2.45) is 5.73 Å². The first-order valence-corrected chi connectivity index (χ1v) is 15.0. The molecule has 0 heterocycles. The molecule has 0 saturated heterocycles. The van der Waals surface area contributed by atoms with Crippen molar-refractivity contribution in [3.05, 3.63) is 47.5 Å². The highest BCUT2D eigenvalue weighted by atomic mass is 28.4. The minimum atomic E-state index is -1.92. The van der Waals surface area contributed by atoms with Gasteiger partial charge in [0.05, 0.1) is 11.1 Å². The lowest BCUT2D eigenvalue weighted by Gasteiger charge is -2.44. The predicted octanol–water partition coefficient (Wildman–Crippen LogP) is 4.05. The SMILES string of the molecule is C[Si](C)(C)N(C(=O)c1c(C(N)=O)ccc2ccccc12)[Si](C)(C)C. The summed E-state index contributed by atoms with van der Waals surface area (Å²) in [6, 6.07) is 11.2. The number of nitrogens with zero attached hydrogens (tertiary/aromatic N) is 1. The van der Waals surface area contributed by atoms with E-state index in [4.69, 9.17) is 5.73 Å². The first-order chi connectivity index (χ1) is 10.9. The van der Waals surface area contributed by atoms with Crippen LogP contribution >= 0.6 is 0 Å². The second-order valence-corrected chi connectivity index (χ2v) is 18.1. The molecule has 2 rings (SSSR count). The Hall–Kier alpha value is -1.93. The molecule has 2 N–H and O–H groups in total. The minimum Gasteiger partial charge on any atom is -0.392 e. The van der Waals surface area contributed by atoms with Gasteiger partial charge in [-0.2, -0.15) is 0 Å². The number of rotatable bonds is 4. The summed E-state index contributed by atoms with van der Waals surface area (Å²) >= 11 is 0. The zero-order valence-corrected chi connectivity index (χ0v) is 17.3. The number of benzene rings is 2. The number of carbonyl (C=O) groups is 2. The number of fused-ring (bicyclic) bond motifs is 1. The molecule has 0 unspecified atom stereocenters. The fourth-order valence-corrected chi connectivity index (χ4v) is 12.9. The highest BCUT2D eigenvalue weighted by molar-refractivity contribution is 6.92. The average Bonchev–Trinajstić information content (AvgIpc) is 2.42. The average molecular weight is 359 g/mol. The fraction of sp³-hybridized carbons (Fsp3) is 0.333. The van der Waals surface area contributed by atoms with Gasteiger partial charge in [-0.1, -0.05) is 69.6 Å². The van der Waals surface area contributed by atoms with Crippen LogP contribution < -0.4 is 5.73 Å². The Morgan fingerprint density at radius 1 is 0.875 bits per heavy atom. The number of primary amides is 1. The molecule has 0 spiro atoms. The van der Waals surface area contributed by atoms with Gasteiger partial charge in [0.15, 0.2) is 0 Å². The van der Waals surface area contributed by atoms with Crippen LogP contribution in [0.25, 0.3) is 10.8 Å². The molecule has 0 saturated carbocycles. The molecule has 0 fully saturated rings. The number of hydrogen-bond acceptors (Lipinski definition) is 2. The summed E-state index contributed by atoms with van der Waals surface area (Å²) in [6.07, 6.45) is 0. The Labute approximate surface area is 145 Å². The monoisotopic (exact) mass is 358 g/mol. The van der Waals surface area contributed by atoms with E-state index in [2.05, 4.69) is 43.5 Å². The molecule has 0 aliphatic rings. The standard InChI is InChI=1S/C18H26N2O2Si2/c1-23(2,3)20(24(4,5)6)18(22)16-14-10-8-7-9-13(14)11-12-15(16)17(19)21/h7-12H,1-6H3,(H2,19,21). The van der Waals surface area contributed by atoms with E-state index >= 15 is 0 Å². The highest BCUT2D eigenvalue weighted by Crippen LogP contribution is 2.29. The molecule has 6 heteroatoms. The second-order valence-electron chi connectivity index (χ2n) is 8.06. The summed E-state index contributed by atoms with van der Waals surface area (Å²) in [4.78, 5) is 25.5. The van der Waals surface area contributed by atoms with Crippen LogP contribution in [0.1, 0.15) is 20.7 Å². The summed E-state index contributed by atoms with van der Waals surface area (Å²) in [7, 11) is -3.84. The van der Waals surface area contributed by atoms with E-state index in [1.165, 1.54) is 0 Å². The molecule has 2 aromatic rings. The Kier molecular flexibility index (Phi) is 4.74. The molecular weight excluding hydrogens is 332 g/mol. The van der Waals surface area contributed by atoms with Crippen LogP contribution in [-0.4, -0.2) is 32.5 Å². The lowest BCUT2D eigenvalue weighted by Crippen LogP contribution is -2.61. The van der Waals surface area contributed by atoms with Crippen LogP contribution in [0.5, 0.6) is 0 Å². The van der Waals surface area contributed by atoms with Crippen molar-refractivity contribution in [1.29, 1.82) is 0 Å². The van der Waals surface area contributed by atoms with Crippen molar-refractivity contribution in [3.63, 3.8) is 0 Å². The summed E-state index contributed by atoms with van der Waals surface area (Å²) in [5.41, 5.74) is 6.33. The lowest BCUT2D eigenvalue weighted by molar-refractivity contribution is 0.0898. The van der Waals surface area contributed by atoms with Gasteiger partial charge in [-0.25, -0.2) is 0 Å². The van der Waals surface area contributed by atoms with Crippen LogP contribution in [0.15, 0.2) is 36.4 Å². The lowest BCUT2D eigenvalue weighted by atomic mass is 9.98. The molecule has 0 radical (unpaired) electrons. The first-order valence-electron chi connectivity index (χ1n) is 8.11. The molecular formula is C18H26N2O2Si2. The maximum Gasteiger partial charge on any atom is 0.249 e. The number of amides is 2. The molecule has 0 atom stereocenters. The van der Waals surface area contributed by atoms with Crippen LogP contribution in [0.3, 0.4) is 0 Å². The van der Waals surface area contributed by atoms with Gasteiger partial charge in [0, 0.05) is 0 Å². The van der Waals surface area contributed by atoms with Crippen LogP contribution in [0.4, 0.5) is 0 Å². The molecule has 4 nitrogen and oxygen atoms in total.